The van der Waals surface area contributed by atoms with Crippen molar-refractivity contribution >= 4 is 5.97 Å². The number of hydrogen-bond donors (Lipinski definition) is 3. The highest BCUT2D eigenvalue weighted by atomic mass is 16.4. The van der Waals surface area contributed by atoms with Crippen molar-refractivity contribution in [2.24, 2.45) is 0 Å². The van der Waals surface area contributed by atoms with Crippen LogP contribution in [0.3, 0.4) is 0 Å². The van der Waals surface area contributed by atoms with E-state index in [4.69, 9.17) is 5.11 Å². The molecule has 4 nitrogen and oxygen atoms in total. The standard InChI is InChI=1S/C18H34O4/c1-2-3-4-5-7-10-13-16(19)17(20)14-11-8-6-9-12-15-18(21)22/h7,10,16-17,19-20H,2-6,8-9,11-15H2,1H3,(H,21,22)/b10-7-/t16-,17-/m0/s1. The first kappa shape index (κ1) is 21.1. The zero-order valence-electron chi connectivity index (χ0n) is 14.0. The minimum Gasteiger partial charge on any atom is -0.481 e. The highest BCUT2D eigenvalue weighted by molar-refractivity contribution is 5.66. The molecule has 0 aromatic carbocycles. The van der Waals surface area contributed by atoms with Crippen LogP contribution in [0.25, 0.3) is 0 Å². The van der Waals surface area contributed by atoms with Crippen molar-refractivity contribution < 1.29 is 20.1 Å². The van der Waals surface area contributed by atoms with Gasteiger partial charge >= 0.3 is 5.97 Å². The van der Waals surface area contributed by atoms with Gasteiger partial charge in [-0.1, -0.05) is 57.6 Å². The van der Waals surface area contributed by atoms with E-state index in [1.54, 1.807) is 0 Å². The molecule has 0 saturated carbocycles. The van der Waals surface area contributed by atoms with Gasteiger partial charge in [0.1, 0.15) is 0 Å². The van der Waals surface area contributed by atoms with Crippen LogP contribution >= 0.6 is 0 Å². The van der Waals surface area contributed by atoms with Gasteiger partial charge in [0.05, 0.1) is 12.2 Å². The molecule has 0 aliphatic heterocycles. The lowest BCUT2D eigenvalue weighted by Gasteiger charge is -2.16. The second kappa shape index (κ2) is 15.0. The summed E-state index contributed by atoms with van der Waals surface area (Å²) in [6.45, 7) is 2.18. The summed E-state index contributed by atoms with van der Waals surface area (Å²) in [6.07, 6.45) is 13.3. The Kier molecular flexibility index (Phi) is 14.4. The fourth-order valence-corrected chi connectivity index (χ4v) is 2.38. The Morgan fingerprint density at radius 3 is 2.27 bits per heavy atom. The average Bonchev–Trinajstić information content (AvgIpc) is 2.49. The molecule has 0 saturated heterocycles. The van der Waals surface area contributed by atoms with Gasteiger partial charge in [0.25, 0.3) is 0 Å². The van der Waals surface area contributed by atoms with Gasteiger partial charge in [-0.3, -0.25) is 4.79 Å². The van der Waals surface area contributed by atoms with E-state index in [1.807, 2.05) is 6.08 Å². The smallest absolute Gasteiger partial charge is 0.303 e. The molecule has 0 aliphatic carbocycles. The Morgan fingerprint density at radius 2 is 1.59 bits per heavy atom. The molecule has 0 aliphatic rings. The van der Waals surface area contributed by atoms with Gasteiger partial charge in [-0.2, -0.15) is 0 Å². The minimum atomic E-state index is -0.735. The number of unbranched alkanes of at least 4 members (excludes halogenated alkanes) is 7. The van der Waals surface area contributed by atoms with E-state index >= 15 is 0 Å². The van der Waals surface area contributed by atoms with Crippen molar-refractivity contribution in [2.75, 3.05) is 0 Å². The number of aliphatic hydroxyl groups excluding tert-OH is 2. The molecule has 3 N–H and O–H groups in total. The molecule has 0 heterocycles. The molecule has 0 aromatic heterocycles. The van der Waals surface area contributed by atoms with Crippen molar-refractivity contribution in [3.05, 3.63) is 12.2 Å². The molecule has 0 radical (unpaired) electrons. The monoisotopic (exact) mass is 314 g/mol. The van der Waals surface area contributed by atoms with Crippen molar-refractivity contribution in [3.8, 4) is 0 Å². The van der Waals surface area contributed by atoms with E-state index in [2.05, 4.69) is 13.0 Å². The second-order valence-electron chi connectivity index (χ2n) is 6.04. The lowest BCUT2D eigenvalue weighted by Crippen LogP contribution is -2.25. The molecular weight excluding hydrogens is 280 g/mol. The first-order valence-electron chi connectivity index (χ1n) is 8.80. The van der Waals surface area contributed by atoms with Crippen LogP contribution in [0.4, 0.5) is 0 Å². The van der Waals surface area contributed by atoms with Crippen molar-refractivity contribution in [2.45, 2.75) is 96.2 Å². The highest BCUT2D eigenvalue weighted by Gasteiger charge is 2.13. The molecule has 22 heavy (non-hydrogen) atoms. The SMILES string of the molecule is CCCCC/C=C\C[C@H](O)[C@@H](O)CCCCCCCC(=O)O. The maximum Gasteiger partial charge on any atom is 0.303 e. The summed E-state index contributed by atoms with van der Waals surface area (Å²) >= 11 is 0. The maximum absolute atomic E-state index is 10.3. The third kappa shape index (κ3) is 14.1. The highest BCUT2D eigenvalue weighted by Crippen LogP contribution is 2.12. The molecule has 0 rings (SSSR count). The number of aliphatic hydroxyl groups is 2. The van der Waals surface area contributed by atoms with Crippen LogP contribution in [0, 0.1) is 0 Å². The molecule has 0 aromatic rings. The normalized spacial score (nSPS) is 14.3. The lowest BCUT2D eigenvalue weighted by atomic mass is 10.0. The van der Waals surface area contributed by atoms with Gasteiger partial charge in [-0.05, 0) is 32.1 Å². The molecule has 0 unspecified atom stereocenters. The summed E-state index contributed by atoms with van der Waals surface area (Å²) in [4.78, 5) is 10.3. The van der Waals surface area contributed by atoms with Gasteiger partial charge in [0, 0.05) is 6.42 Å². The molecular formula is C18H34O4. The summed E-state index contributed by atoms with van der Waals surface area (Å²) < 4.78 is 0. The Bertz CT molecular complexity index is 289. The Hall–Kier alpha value is -0.870. The van der Waals surface area contributed by atoms with Crippen LogP contribution in [0.1, 0.15) is 84.0 Å². The summed E-state index contributed by atoms with van der Waals surface area (Å²) in [5.74, 6) is -0.735. The first-order valence-corrected chi connectivity index (χ1v) is 8.80. The first-order chi connectivity index (χ1) is 10.6. The second-order valence-corrected chi connectivity index (χ2v) is 6.04. The number of hydrogen-bond acceptors (Lipinski definition) is 3. The number of carbonyl (C=O) groups is 1. The van der Waals surface area contributed by atoms with Crippen LogP contribution in [0.15, 0.2) is 12.2 Å². The van der Waals surface area contributed by atoms with Gasteiger partial charge in [0.2, 0.25) is 0 Å². The molecule has 0 bridgehead atoms. The minimum absolute atomic E-state index is 0.242. The Balaban J connectivity index is 3.49. The van der Waals surface area contributed by atoms with Gasteiger partial charge in [-0.25, -0.2) is 0 Å². The molecule has 0 amide bonds. The number of rotatable bonds is 15. The van der Waals surface area contributed by atoms with Crippen LogP contribution < -0.4 is 0 Å². The van der Waals surface area contributed by atoms with E-state index in [0.29, 0.717) is 12.8 Å². The van der Waals surface area contributed by atoms with Crippen molar-refractivity contribution in [1.29, 1.82) is 0 Å². The topological polar surface area (TPSA) is 77.8 Å². The lowest BCUT2D eigenvalue weighted by molar-refractivity contribution is -0.137. The van der Waals surface area contributed by atoms with Crippen molar-refractivity contribution in [3.63, 3.8) is 0 Å². The molecule has 2 atom stereocenters. The third-order valence-corrected chi connectivity index (χ3v) is 3.85. The summed E-state index contributed by atoms with van der Waals surface area (Å²) in [5.41, 5.74) is 0. The number of allylic oxidation sites excluding steroid dienone is 1. The zero-order chi connectivity index (χ0) is 16.6. The van der Waals surface area contributed by atoms with Crippen LogP contribution in [0.5, 0.6) is 0 Å². The van der Waals surface area contributed by atoms with Gasteiger partial charge in [-0.15, -0.1) is 0 Å². The molecule has 130 valence electrons. The van der Waals surface area contributed by atoms with E-state index in [-0.39, 0.29) is 6.42 Å². The van der Waals surface area contributed by atoms with Crippen LogP contribution in [0.2, 0.25) is 0 Å². The van der Waals surface area contributed by atoms with E-state index in [0.717, 1.165) is 38.5 Å². The summed E-state index contributed by atoms with van der Waals surface area (Å²) in [5, 5.41) is 28.2. The zero-order valence-corrected chi connectivity index (χ0v) is 14.0. The van der Waals surface area contributed by atoms with Gasteiger partial charge in [0.15, 0.2) is 0 Å². The predicted molar refractivity (Wildman–Crippen MR) is 89.9 cm³/mol. The number of carboxylic acids is 1. The Morgan fingerprint density at radius 1 is 0.909 bits per heavy atom. The van der Waals surface area contributed by atoms with Gasteiger partial charge < -0.3 is 15.3 Å². The fourth-order valence-electron chi connectivity index (χ4n) is 2.38. The van der Waals surface area contributed by atoms with Crippen LogP contribution in [-0.2, 0) is 4.79 Å². The maximum atomic E-state index is 10.3. The fraction of sp³-hybridized carbons (Fsp3) is 0.833. The molecule has 0 spiro atoms. The molecule has 4 heteroatoms. The predicted octanol–water partition coefficient (Wildman–Crippen LogP) is 4.05. The van der Waals surface area contributed by atoms with Crippen LogP contribution in [-0.4, -0.2) is 33.5 Å². The number of aliphatic carboxylic acids is 1. The number of carboxylic acid groups (broad SMARTS) is 1. The van der Waals surface area contributed by atoms with Crippen molar-refractivity contribution in [1.82, 2.24) is 0 Å². The van der Waals surface area contributed by atoms with E-state index in [9.17, 15) is 15.0 Å². The summed E-state index contributed by atoms with van der Waals surface area (Å²) in [6, 6.07) is 0. The third-order valence-electron chi connectivity index (χ3n) is 3.85. The molecule has 0 fully saturated rings. The van der Waals surface area contributed by atoms with E-state index in [1.165, 1.54) is 19.3 Å². The summed E-state index contributed by atoms with van der Waals surface area (Å²) in [7, 11) is 0. The largest absolute Gasteiger partial charge is 0.481 e. The quantitative estimate of drug-likeness (QED) is 0.315. The average molecular weight is 314 g/mol. The van der Waals surface area contributed by atoms with E-state index < -0.39 is 18.2 Å². The Labute approximate surface area is 135 Å².